The number of para-hydroxylation sites is 1. The van der Waals surface area contributed by atoms with Crippen LogP contribution in [0.3, 0.4) is 0 Å². The van der Waals surface area contributed by atoms with E-state index in [1.165, 1.54) is 0 Å². The van der Waals surface area contributed by atoms with Crippen molar-refractivity contribution in [1.82, 2.24) is 31.6 Å². The van der Waals surface area contributed by atoms with Gasteiger partial charge < -0.3 is 53.9 Å². The molecule has 0 aliphatic heterocycles. The highest BCUT2D eigenvalue weighted by molar-refractivity contribution is 5.97. The van der Waals surface area contributed by atoms with Gasteiger partial charge in [-0.3, -0.25) is 38.4 Å². The molecule has 2 aromatic rings. The number of benzene rings is 1. The topological polar surface area (TPSA) is 311 Å². The van der Waals surface area contributed by atoms with Crippen molar-refractivity contribution in [3.05, 3.63) is 36.0 Å². The lowest BCUT2D eigenvalue weighted by molar-refractivity contribution is -0.138. The molecule has 1 aromatic carbocycles. The molecule has 1 aromatic heterocycles. The number of fused-ring (bicyclic) bond motifs is 1. The van der Waals surface area contributed by atoms with E-state index >= 15 is 0 Å². The van der Waals surface area contributed by atoms with Crippen molar-refractivity contribution in [1.29, 1.82) is 0 Å². The molecule has 18 nitrogen and oxygen atoms in total. The average Bonchev–Trinajstić information content (AvgIpc) is 3.56. The molecule has 0 aliphatic rings. The molecule has 18 heteroatoms. The summed E-state index contributed by atoms with van der Waals surface area (Å²) >= 11 is 0. The minimum Gasteiger partial charge on any atom is -0.481 e. The van der Waals surface area contributed by atoms with E-state index in [9.17, 15) is 43.5 Å². The van der Waals surface area contributed by atoms with E-state index in [1.807, 2.05) is 39.0 Å². The third-order valence-corrected chi connectivity index (χ3v) is 9.36. The molecule has 0 bridgehead atoms. The molecule has 13 N–H and O–H groups in total. The number of aliphatic carboxylic acids is 1. The second kappa shape index (κ2) is 23.5. The maximum absolute atomic E-state index is 14.2. The zero-order valence-electron chi connectivity index (χ0n) is 32.5. The smallest absolute Gasteiger partial charge is 0.303 e. The van der Waals surface area contributed by atoms with Crippen molar-refractivity contribution in [3.63, 3.8) is 0 Å². The van der Waals surface area contributed by atoms with Crippen LogP contribution in [0.15, 0.2) is 30.5 Å². The van der Waals surface area contributed by atoms with Crippen molar-refractivity contribution in [2.45, 2.75) is 122 Å². The molecule has 1 heterocycles. The van der Waals surface area contributed by atoms with E-state index in [4.69, 9.17) is 17.2 Å². The first-order valence-electron chi connectivity index (χ1n) is 18.9. The summed E-state index contributed by atoms with van der Waals surface area (Å²) in [6.45, 7) is 7.56. The molecule has 1 radical (unpaired) electrons. The molecule has 56 heavy (non-hydrogen) atoms. The van der Waals surface area contributed by atoms with Crippen LogP contribution in [0.4, 0.5) is 0 Å². The molecule has 2 rings (SSSR count). The Hall–Kier alpha value is -5.36. The first-order chi connectivity index (χ1) is 26.5. The fourth-order valence-corrected chi connectivity index (χ4v) is 5.92. The molecule has 0 saturated heterocycles. The molecule has 0 aliphatic carbocycles. The number of amides is 6. The number of nitrogens with two attached hydrogens (primary N) is 3. The standard InChI is InChI=1S/C38H58N9O9/c1-5-22(4)33(41)38(56)45-28(13-14-32(50)51)35(53)47-30(17-23-19-42-26-11-7-6-10-25(23)26)37(55)46-29(16-21(2)3)36(54)44-27(12-8-9-15-39)34(52)43-24(20-48)18-31(40)49/h6-7,10-11,19,21-22,24,27-30,33,42H,5,8-9,12-18,39,41H2,1-4H3,(H2,40,49)(H,43,52)(H,44,54)(H,45,56)(H,46,55)(H,47,53)(H,50,51)/t22-,24-,27-,28-,29-,30-,33-/m0/s1. The highest BCUT2D eigenvalue weighted by atomic mass is 16.4. The predicted octanol–water partition coefficient (Wildman–Crippen LogP) is -0.467. The summed E-state index contributed by atoms with van der Waals surface area (Å²) in [5, 5.41) is 23.1. The minimum atomic E-state index is -1.36. The van der Waals surface area contributed by atoms with Crippen LogP contribution >= 0.6 is 0 Å². The second-order valence-electron chi connectivity index (χ2n) is 14.4. The summed E-state index contributed by atoms with van der Waals surface area (Å²) in [4.78, 5) is 106. The first-order valence-corrected chi connectivity index (χ1v) is 18.9. The molecule has 0 fully saturated rings. The van der Waals surface area contributed by atoms with Crippen molar-refractivity contribution in [3.8, 4) is 0 Å². The third-order valence-electron chi connectivity index (χ3n) is 9.36. The van der Waals surface area contributed by atoms with Crippen molar-refractivity contribution < 1.29 is 43.5 Å². The van der Waals surface area contributed by atoms with Gasteiger partial charge in [-0.1, -0.05) is 52.3 Å². The van der Waals surface area contributed by atoms with Gasteiger partial charge in [0.15, 0.2) is 0 Å². The number of carboxylic acids is 1. The highest BCUT2D eigenvalue weighted by Gasteiger charge is 2.34. The van der Waals surface area contributed by atoms with E-state index in [0.717, 1.165) is 10.9 Å². The van der Waals surface area contributed by atoms with E-state index in [-0.39, 0.29) is 37.5 Å². The molecular weight excluding hydrogens is 726 g/mol. The number of aromatic amines is 1. The molecule has 0 saturated carbocycles. The molecule has 0 spiro atoms. The van der Waals surface area contributed by atoms with E-state index in [0.29, 0.717) is 31.4 Å². The van der Waals surface area contributed by atoms with Gasteiger partial charge >= 0.3 is 5.97 Å². The molecule has 309 valence electrons. The Morgan fingerprint density at radius 3 is 1.98 bits per heavy atom. The monoisotopic (exact) mass is 784 g/mol. The van der Waals surface area contributed by atoms with Crippen LogP contribution in [0.2, 0.25) is 0 Å². The summed E-state index contributed by atoms with van der Waals surface area (Å²) in [6.07, 6.45) is 3.62. The molecule has 7 atom stereocenters. The Balaban J connectivity index is 2.46. The third kappa shape index (κ3) is 15.4. The van der Waals surface area contributed by atoms with Crippen LogP contribution in [-0.4, -0.2) is 101 Å². The summed E-state index contributed by atoms with van der Waals surface area (Å²) < 4.78 is 0. The van der Waals surface area contributed by atoms with Crippen molar-refractivity contribution >= 4 is 58.6 Å². The fourth-order valence-electron chi connectivity index (χ4n) is 5.92. The number of rotatable bonds is 26. The Bertz CT molecular complexity index is 1660. The van der Waals surface area contributed by atoms with E-state index in [2.05, 4.69) is 31.6 Å². The Kier molecular flexibility index (Phi) is 19.7. The average molecular weight is 785 g/mol. The Morgan fingerprint density at radius 2 is 1.38 bits per heavy atom. The molecular formula is C38H58N9O9. The number of carbonyl (C=O) groups is 7. The summed E-state index contributed by atoms with van der Waals surface area (Å²) in [5.74, 6) is -6.21. The van der Waals surface area contributed by atoms with Gasteiger partial charge in [0.2, 0.25) is 41.7 Å². The number of hydrogen-bond donors (Lipinski definition) is 10. The van der Waals surface area contributed by atoms with Crippen LogP contribution in [-0.2, 0) is 44.8 Å². The predicted molar refractivity (Wildman–Crippen MR) is 208 cm³/mol. The maximum atomic E-state index is 14.2. The van der Waals surface area contributed by atoms with Gasteiger partial charge in [-0.15, -0.1) is 0 Å². The van der Waals surface area contributed by atoms with Gasteiger partial charge in [0, 0.05) is 29.9 Å². The van der Waals surface area contributed by atoms with Gasteiger partial charge in [-0.2, -0.15) is 0 Å². The van der Waals surface area contributed by atoms with Crippen LogP contribution < -0.4 is 43.8 Å². The highest BCUT2D eigenvalue weighted by Crippen LogP contribution is 2.20. The van der Waals surface area contributed by atoms with Gasteiger partial charge in [0.1, 0.15) is 30.2 Å². The Morgan fingerprint density at radius 1 is 0.804 bits per heavy atom. The number of nitrogens with one attached hydrogen (secondary N) is 6. The normalized spacial score (nSPS) is 15.0. The zero-order chi connectivity index (χ0) is 41.9. The van der Waals surface area contributed by atoms with Gasteiger partial charge in [0.05, 0.1) is 12.5 Å². The van der Waals surface area contributed by atoms with E-state index < -0.39 is 90.5 Å². The van der Waals surface area contributed by atoms with Crippen molar-refractivity contribution in [2.75, 3.05) is 6.54 Å². The number of primary amides is 1. The minimum absolute atomic E-state index is 0.0723. The quantitative estimate of drug-likeness (QED) is 0.0544. The zero-order valence-corrected chi connectivity index (χ0v) is 32.5. The van der Waals surface area contributed by atoms with Gasteiger partial charge in [0.25, 0.3) is 0 Å². The number of carboxylic acid groups (broad SMARTS) is 1. The number of carbonyl (C=O) groups excluding carboxylic acids is 7. The first kappa shape index (κ1) is 46.8. The second-order valence-corrected chi connectivity index (χ2v) is 14.4. The van der Waals surface area contributed by atoms with Gasteiger partial charge in [-0.25, -0.2) is 0 Å². The van der Waals surface area contributed by atoms with Crippen LogP contribution in [0.1, 0.15) is 84.6 Å². The Labute approximate surface area is 326 Å². The maximum Gasteiger partial charge on any atom is 0.303 e. The number of H-pyrrole nitrogens is 1. The fraction of sp³-hybridized carbons (Fsp3) is 0.579. The summed E-state index contributed by atoms with van der Waals surface area (Å²) in [7, 11) is 0. The molecule has 6 amide bonds. The van der Waals surface area contributed by atoms with Crippen LogP contribution in [0, 0.1) is 11.8 Å². The number of unbranched alkanes of at least 4 members (excludes halogenated alkanes) is 1. The van der Waals surface area contributed by atoms with Crippen molar-refractivity contribution in [2.24, 2.45) is 29.0 Å². The summed E-state index contributed by atoms with van der Waals surface area (Å²) in [6, 6.07) is -0.149. The summed E-state index contributed by atoms with van der Waals surface area (Å²) in [5.41, 5.74) is 18.3. The van der Waals surface area contributed by atoms with E-state index in [1.54, 1.807) is 25.5 Å². The van der Waals surface area contributed by atoms with Gasteiger partial charge in [-0.05, 0) is 62.1 Å². The number of aromatic nitrogens is 1. The molecule has 0 unspecified atom stereocenters. The lowest BCUT2D eigenvalue weighted by Gasteiger charge is -2.28. The largest absolute Gasteiger partial charge is 0.481 e. The number of hydrogen-bond acceptors (Lipinski definition) is 10. The SMILES string of the molecule is CC[C@H](C)[C@H](N)C(=O)N[C@@H](CCC(=O)O)C(=O)N[C@@H](Cc1c[nH]c2ccccc12)C(=O)N[C@@H](CC(C)C)C(=O)N[C@@H](CCCCN)C(=O)N[C@H]([C]=O)CC(N)=O. The van der Waals surface area contributed by atoms with Crippen LogP contribution in [0.25, 0.3) is 10.9 Å². The van der Waals surface area contributed by atoms with Crippen LogP contribution in [0.5, 0.6) is 0 Å². The lowest BCUT2D eigenvalue weighted by atomic mass is 9.98. The lowest BCUT2D eigenvalue weighted by Crippen LogP contribution is -2.60.